The molecule has 1 amide bonds. The van der Waals surface area contributed by atoms with Crippen molar-refractivity contribution in [2.24, 2.45) is 0 Å². The molecule has 2 aromatic rings. The van der Waals surface area contributed by atoms with E-state index in [1.54, 1.807) is 7.11 Å². The van der Waals surface area contributed by atoms with Crippen molar-refractivity contribution in [2.45, 2.75) is 51.2 Å². The Bertz CT molecular complexity index is 794. The first-order chi connectivity index (χ1) is 12.9. The van der Waals surface area contributed by atoms with Gasteiger partial charge in [-0.05, 0) is 74.9 Å². The van der Waals surface area contributed by atoms with Crippen LogP contribution >= 0.6 is 0 Å². The van der Waals surface area contributed by atoms with Crippen molar-refractivity contribution in [2.75, 3.05) is 13.7 Å². The first-order valence-electron chi connectivity index (χ1n) is 9.63. The third-order valence-electron chi connectivity index (χ3n) is 5.19. The van der Waals surface area contributed by atoms with Crippen molar-refractivity contribution in [3.8, 4) is 5.75 Å². The Labute approximate surface area is 161 Å². The summed E-state index contributed by atoms with van der Waals surface area (Å²) in [5, 5.41) is 9.95. The zero-order valence-electron chi connectivity index (χ0n) is 16.4. The molecule has 1 fully saturated rings. The molecule has 0 spiro atoms. The molecule has 1 atom stereocenters. The average molecular weight is 367 g/mol. The van der Waals surface area contributed by atoms with Crippen LogP contribution in [0, 0.1) is 0 Å². The van der Waals surface area contributed by atoms with Gasteiger partial charge in [0.15, 0.2) is 0 Å². The summed E-state index contributed by atoms with van der Waals surface area (Å²) in [5.74, 6) is 0.894. The minimum atomic E-state index is -0.702. The lowest BCUT2D eigenvalue weighted by Gasteiger charge is -2.26. The molecule has 27 heavy (non-hydrogen) atoms. The fraction of sp³-hybridized carbons (Fsp3) is 0.435. The van der Waals surface area contributed by atoms with Crippen molar-refractivity contribution >= 4 is 5.91 Å². The predicted molar refractivity (Wildman–Crippen MR) is 107 cm³/mol. The van der Waals surface area contributed by atoms with Crippen molar-refractivity contribution in [1.29, 1.82) is 0 Å². The molecule has 1 aliphatic heterocycles. The number of amides is 1. The van der Waals surface area contributed by atoms with Crippen molar-refractivity contribution in [1.82, 2.24) is 4.90 Å². The summed E-state index contributed by atoms with van der Waals surface area (Å²) in [4.78, 5) is 15.2. The first-order valence-corrected chi connectivity index (χ1v) is 9.63. The van der Waals surface area contributed by atoms with Gasteiger partial charge in [-0.3, -0.25) is 4.79 Å². The van der Waals surface area contributed by atoms with Crippen LogP contribution in [0.1, 0.15) is 60.6 Å². The van der Waals surface area contributed by atoms with Gasteiger partial charge in [-0.1, -0.05) is 24.3 Å². The van der Waals surface area contributed by atoms with E-state index in [4.69, 9.17) is 4.74 Å². The van der Waals surface area contributed by atoms with Gasteiger partial charge in [0, 0.05) is 12.1 Å². The summed E-state index contributed by atoms with van der Waals surface area (Å²) < 4.78 is 5.34. The summed E-state index contributed by atoms with van der Waals surface area (Å²) in [7, 11) is 1.66. The molecule has 0 bridgehead atoms. The van der Waals surface area contributed by atoms with E-state index in [1.165, 1.54) is 0 Å². The molecule has 1 saturated heterocycles. The molecule has 1 N–H and O–H groups in total. The van der Waals surface area contributed by atoms with E-state index in [2.05, 4.69) is 6.07 Å². The number of methoxy groups -OCH3 is 1. The summed E-state index contributed by atoms with van der Waals surface area (Å²) in [5.41, 5.74) is 2.23. The molecule has 4 nitrogen and oxygen atoms in total. The number of carbonyl (C=O) groups excluding carboxylic acids is 1. The van der Waals surface area contributed by atoms with E-state index in [1.807, 2.05) is 61.2 Å². The zero-order chi connectivity index (χ0) is 19.4. The minimum absolute atomic E-state index is 0.0745. The Morgan fingerprint density at radius 3 is 2.74 bits per heavy atom. The van der Waals surface area contributed by atoms with Gasteiger partial charge >= 0.3 is 0 Å². The molecular formula is C23H29NO3. The van der Waals surface area contributed by atoms with Gasteiger partial charge < -0.3 is 14.7 Å². The topological polar surface area (TPSA) is 49.8 Å². The van der Waals surface area contributed by atoms with Crippen LogP contribution in [0.25, 0.3) is 0 Å². The Morgan fingerprint density at radius 2 is 2.00 bits per heavy atom. The number of rotatable bonds is 6. The Balaban J connectivity index is 1.78. The van der Waals surface area contributed by atoms with Gasteiger partial charge in [-0.25, -0.2) is 0 Å². The van der Waals surface area contributed by atoms with E-state index < -0.39 is 5.60 Å². The molecule has 0 saturated carbocycles. The quantitative estimate of drug-likeness (QED) is 0.824. The average Bonchev–Trinajstić information content (AvgIpc) is 3.15. The molecule has 0 aliphatic carbocycles. The molecule has 144 valence electrons. The fourth-order valence-corrected chi connectivity index (χ4v) is 3.68. The fourth-order valence-electron chi connectivity index (χ4n) is 3.68. The highest BCUT2D eigenvalue weighted by Gasteiger charge is 2.30. The molecule has 1 aliphatic rings. The lowest BCUT2D eigenvalue weighted by atomic mass is 9.97. The van der Waals surface area contributed by atoms with Gasteiger partial charge in [-0.2, -0.15) is 0 Å². The lowest BCUT2D eigenvalue weighted by Crippen LogP contribution is -2.30. The van der Waals surface area contributed by atoms with E-state index in [9.17, 15) is 9.90 Å². The summed E-state index contributed by atoms with van der Waals surface area (Å²) in [6, 6.07) is 15.9. The lowest BCUT2D eigenvalue weighted by molar-refractivity contribution is 0.0714. The minimum Gasteiger partial charge on any atom is -0.497 e. The first kappa shape index (κ1) is 19.4. The second-order valence-corrected chi connectivity index (χ2v) is 7.95. The van der Waals surface area contributed by atoms with E-state index in [0.717, 1.165) is 48.2 Å². The number of ether oxygens (including phenoxy) is 1. The van der Waals surface area contributed by atoms with E-state index in [-0.39, 0.29) is 11.9 Å². The van der Waals surface area contributed by atoms with Crippen molar-refractivity contribution in [3.05, 3.63) is 65.2 Å². The SMILES string of the molecule is COc1cccc(C2CCCN2C(=O)c2cccc(CCC(C)(C)O)c2)c1. The second-order valence-electron chi connectivity index (χ2n) is 7.95. The number of carbonyl (C=O) groups is 1. The van der Waals surface area contributed by atoms with Gasteiger partial charge in [0.05, 0.1) is 18.8 Å². The maximum absolute atomic E-state index is 13.2. The van der Waals surface area contributed by atoms with Crippen LogP contribution in [-0.2, 0) is 6.42 Å². The second kappa shape index (κ2) is 8.13. The van der Waals surface area contributed by atoms with E-state index >= 15 is 0 Å². The molecule has 1 heterocycles. The van der Waals surface area contributed by atoms with E-state index in [0.29, 0.717) is 6.42 Å². The van der Waals surface area contributed by atoms with Crippen molar-refractivity contribution < 1.29 is 14.6 Å². The molecule has 0 aromatic heterocycles. The number of hydrogen-bond acceptors (Lipinski definition) is 3. The largest absolute Gasteiger partial charge is 0.497 e. The highest BCUT2D eigenvalue weighted by molar-refractivity contribution is 5.94. The van der Waals surface area contributed by atoms with Gasteiger partial charge in [-0.15, -0.1) is 0 Å². The van der Waals surface area contributed by atoms with Crippen LogP contribution in [0.3, 0.4) is 0 Å². The van der Waals surface area contributed by atoms with Gasteiger partial charge in [0.1, 0.15) is 5.75 Å². The highest BCUT2D eigenvalue weighted by Crippen LogP contribution is 2.34. The number of benzene rings is 2. The van der Waals surface area contributed by atoms with Crippen LogP contribution in [0.2, 0.25) is 0 Å². The molecular weight excluding hydrogens is 338 g/mol. The van der Waals surface area contributed by atoms with Crippen LogP contribution in [-0.4, -0.2) is 35.2 Å². The van der Waals surface area contributed by atoms with Crippen LogP contribution in [0.15, 0.2) is 48.5 Å². The zero-order valence-corrected chi connectivity index (χ0v) is 16.4. The van der Waals surface area contributed by atoms with Crippen LogP contribution in [0.4, 0.5) is 0 Å². The molecule has 4 heteroatoms. The smallest absolute Gasteiger partial charge is 0.254 e. The number of aryl methyl sites for hydroxylation is 1. The third kappa shape index (κ3) is 4.89. The highest BCUT2D eigenvalue weighted by atomic mass is 16.5. The van der Waals surface area contributed by atoms with Crippen LogP contribution < -0.4 is 4.74 Å². The maximum atomic E-state index is 13.2. The molecule has 3 rings (SSSR count). The Kier molecular flexibility index (Phi) is 5.85. The maximum Gasteiger partial charge on any atom is 0.254 e. The monoisotopic (exact) mass is 367 g/mol. The number of likely N-dealkylation sites (tertiary alicyclic amines) is 1. The molecule has 0 radical (unpaired) electrons. The van der Waals surface area contributed by atoms with Crippen molar-refractivity contribution in [3.63, 3.8) is 0 Å². The molecule has 1 unspecified atom stereocenters. The summed E-state index contributed by atoms with van der Waals surface area (Å²) >= 11 is 0. The van der Waals surface area contributed by atoms with Crippen LogP contribution in [0.5, 0.6) is 5.75 Å². The summed E-state index contributed by atoms with van der Waals surface area (Å²) in [6.07, 6.45) is 3.40. The summed E-state index contributed by atoms with van der Waals surface area (Å²) in [6.45, 7) is 4.39. The number of hydrogen-bond donors (Lipinski definition) is 1. The molecule has 2 aromatic carbocycles. The van der Waals surface area contributed by atoms with Gasteiger partial charge in [0.2, 0.25) is 0 Å². The number of nitrogens with zero attached hydrogens (tertiary/aromatic N) is 1. The Hall–Kier alpha value is -2.33. The standard InChI is InChI=1S/C23H29NO3/c1-23(2,26)13-12-17-7-4-9-19(15-17)22(25)24-14-6-11-21(24)18-8-5-10-20(16-18)27-3/h4-5,7-10,15-16,21,26H,6,11-14H2,1-3H3. The predicted octanol–water partition coefficient (Wildman–Crippen LogP) is 4.38. The Morgan fingerprint density at radius 1 is 1.22 bits per heavy atom. The normalized spacial score (nSPS) is 17.2. The van der Waals surface area contributed by atoms with Gasteiger partial charge in [0.25, 0.3) is 5.91 Å². The number of aliphatic hydroxyl groups is 1. The third-order valence-corrected chi connectivity index (χ3v) is 5.19.